The summed E-state index contributed by atoms with van der Waals surface area (Å²) in [6.07, 6.45) is 5.59. The van der Waals surface area contributed by atoms with Gasteiger partial charge in [0, 0.05) is 11.8 Å². The Hall–Kier alpha value is -1.11. The highest BCUT2D eigenvalue weighted by Gasteiger charge is 2.55. The maximum Gasteiger partial charge on any atom is 0.139 e. The lowest BCUT2D eigenvalue weighted by Crippen LogP contribution is -2.42. The maximum atomic E-state index is 12.3. The van der Waals surface area contributed by atoms with Gasteiger partial charge in [-0.1, -0.05) is 38.1 Å². The number of ketones is 1. The summed E-state index contributed by atoms with van der Waals surface area (Å²) < 4.78 is 0. The van der Waals surface area contributed by atoms with Crippen LogP contribution >= 0.6 is 0 Å². The van der Waals surface area contributed by atoms with E-state index >= 15 is 0 Å². The van der Waals surface area contributed by atoms with E-state index in [9.17, 15) is 4.79 Å². The molecule has 2 fully saturated rings. The summed E-state index contributed by atoms with van der Waals surface area (Å²) in [5.74, 6) is 3.30. The Labute approximate surface area is 121 Å². The molecule has 0 N–H and O–H groups in total. The van der Waals surface area contributed by atoms with E-state index in [0.29, 0.717) is 23.5 Å². The minimum absolute atomic E-state index is 0.00711. The van der Waals surface area contributed by atoms with Gasteiger partial charge in [0.05, 0.1) is 0 Å². The van der Waals surface area contributed by atoms with Crippen LogP contribution in [0.25, 0.3) is 0 Å². The predicted octanol–water partition coefficient (Wildman–Crippen LogP) is 4.67. The normalized spacial score (nSPS) is 42.8. The van der Waals surface area contributed by atoms with Crippen LogP contribution in [0.1, 0.15) is 68.9 Å². The van der Waals surface area contributed by atoms with E-state index in [0.717, 1.165) is 25.2 Å². The second kappa shape index (κ2) is 4.19. The van der Waals surface area contributed by atoms with Crippen molar-refractivity contribution in [3.63, 3.8) is 0 Å². The van der Waals surface area contributed by atoms with Gasteiger partial charge in [-0.15, -0.1) is 0 Å². The number of carbonyl (C=O) groups excluding carboxylic acids is 1. The van der Waals surface area contributed by atoms with Crippen LogP contribution in [0.5, 0.6) is 0 Å². The van der Waals surface area contributed by atoms with Gasteiger partial charge < -0.3 is 0 Å². The Morgan fingerprint density at radius 1 is 1.15 bits per heavy atom. The molecule has 1 heteroatoms. The van der Waals surface area contributed by atoms with E-state index in [2.05, 4.69) is 38.1 Å². The smallest absolute Gasteiger partial charge is 0.139 e. The summed E-state index contributed by atoms with van der Waals surface area (Å²) in [4.78, 5) is 12.3. The molecule has 20 heavy (non-hydrogen) atoms. The molecule has 0 heterocycles. The Bertz CT molecular complexity index is 561. The molecule has 2 saturated carbocycles. The lowest BCUT2D eigenvalue weighted by Gasteiger charge is -2.49. The Morgan fingerprint density at radius 3 is 2.70 bits per heavy atom. The number of rotatable bonds is 0. The van der Waals surface area contributed by atoms with Crippen LogP contribution in [0.4, 0.5) is 0 Å². The molecule has 0 radical (unpaired) electrons. The lowest BCUT2D eigenvalue weighted by molar-refractivity contribution is -0.129. The van der Waals surface area contributed by atoms with Gasteiger partial charge in [-0.25, -0.2) is 0 Å². The fourth-order valence-corrected chi connectivity index (χ4v) is 5.61. The lowest BCUT2D eigenvalue weighted by atomic mass is 9.54. The predicted molar refractivity (Wildman–Crippen MR) is 80.8 cm³/mol. The third kappa shape index (κ3) is 1.52. The van der Waals surface area contributed by atoms with Crippen molar-refractivity contribution in [1.82, 2.24) is 0 Å². The first kappa shape index (κ1) is 12.6. The number of fused-ring (bicyclic) bond motifs is 5. The van der Waals surface area contributed by atoms with Crippen molar-refractivity contribution in [1.29, 1.82) is 0 Å². The van der Waals surface area contributed by atoms with Crippen LogP contribution in [0, 0.1) is 17.3 Å². The van der Waals surface area contributed by atoms with Crippen LogP contribution < -0.4 is 0 Å². The van der Waals surface area contributed by atoms with Crippen molar-refractivity contribution in [2.75, 3.05) is 0 Å². The molecule has 1 nitrogen and oxygen atoms in total. The van der Waals surface area contributed by atoms with Crippen LogP contribution in [0.2, 0.25) is 0 Å². The summed E-state index contributed by atoms with van der Waals surface area (Å²) in [5.41, 5.74) is 3.17. The van der Waals surface area contributed by atoms with Crippen molar-refractivity contribution >= 4 is 5.78 Å². The third-order valence-electron chi connectivity index (χ3n) is 6.70. The zero-order valence-corrected chi connectivity index (χ0v) is 12.6. The van der Waals surface area contributed by atoms with E-state index in [1.165, 1.54) is 12.8 Å². The van der Waals surface area contributed by atoms with Gasteiger partial charge in [0.25, 0.3) is 0 Å². The monoisotopic (exact) mass is 268 g/mol. The van der Waals surface area contributed by atoms with Crippen molar-refractivity contribution in [2.24, 2.45) is 17.3 Å². The molecule has 1 aromatic rings. The van der Waals surface area contributed by atoms with Crippen LogP contribution in [0.15, 0.2) is 24.3 Å². The molecule has 0 amide bonds. The Morgan fingerprint density at radius 2 is 1.90 bits per heavy atom. The van der Waals surface area contributed by atoms with Crippen LogP contribution in [-0.2, 0) is 4.79 Å². The first-order valence-electron chi connectivity index (χ1n) is 8.23. The number of Topliss-reactive ketones (excluding diaryl/α,β-unsaturated/α-hetero) is 1. The molecule has 0 aliphatic heterocycles. The second-order valence-electron chi connectivity index (χ2n) is 7.56. The van der Waals surface area contributed by atoms with E-state index in [1.807, 2.05) is 0 Å². The third-order valence-corrected chi connectivity index (χ3v) is 6.70. The molecule has 0 saturated heterocycles. The van der Waals surface area contributed by atoms with E-state index < -0.39 is 0 Å². The van der Waals surface area contributed by atoms with Gasteiger partial charge in [0.1, 0.15) is 5.78 Å². The number of hydrogen-bond acceptors (Lipinski definition) is 1. The fourth-order valence-electron chi connectivity index (χ4n) is 5.61. The topological polar surface area (TPSA) is 17.1 Å². The molecule has 5 atom stereocenters. The second-order valence-corrected chi connectivity index (χ2v) is 7.56. The highest BCUT2D eigenvalue weighted by atomic mass is 16.1. The highest BCUT2D eigenvalue weighted by molar-refractivity contribution is 5.87. The van der Waals surface area contributed by atoms with Gasteiger partial charge in [0.15, 0.2) is 0 Å². The average molecular weight is 268 g/mol. The maximum absolute atomic E-state index is 12.3. The summed E-state index contributed by atoms with van der Waals surface area (Å²) >= 11 is 0. The van der Waals surface area contributed by atoms with Gasteiger partial charge >= 0.3 is 0 Å². The first-order chi connectivity index (χ1) is 9.61. The zero-order chi connectivity index (χ0) is 13.9. The number of carbonyl (C=O) groups is 1. The van der Waals surface area contributed by atoms with Crippen molar-refractivity contribution < 1.29 is 4.79 Å². The molecular weight excluding hydrogens is 244 g/mol. The van der Waals surface area contributed by atoms with Gasteiger partial charge in [-0.2, -0.15) is 0 Å². The molecule has 4 rings (SSSR count). The minimum atomic E-state index is 0.00711. The first-order valence-corrected chi connectivity index (χ1v) is 8.23. The molecule has 0 spiro atoms. The molecule has 0 bridgehead atoms. The standard InChI is InChI=1S/C19H24O/c1-12-11-16-15(14-6-4-3-5-13(12)14)9-10-19(2)17(16)7-8-18(19)20/h3-6,12,15-17H,7-11H2,1-2H3. The molecule has 3 aliphatic carbocycles. The molecule has 106 valence electrons. The van der Waals surface area contributed by atoms with Gasteiger partial charge in [-0.3, -0.25) is 4.79 Å². The highest BCUT2D eigenvalue weighted by Crippen LogP contribution is 2.60. The molecule has 0 aromatic heterocycles. The number of benzene rings is 1. The van der Waals surface area contributed by atoms with Gasteiger partial charge in [0.2, 0.25) is 0 Å². The van der Waals surface area contributed by atoms with E-state index in [1.54, 1.807) is 11.1 Å². The van der Waals surface area contributed by atoms with E-state index in [4.69, 9.17) is 0 Å². The quantitative estimate of drug-likeness (QED) is 0.668. The minimum Gasteiger partial charge on any atom is -0.299 e. The van der Waals surface area contributed by atoms with Crippen molar-refractivity contribution in [2.45, 2.75) is 57.8 Å². The molecule has 3 aliphatic rings. The van der Waals surface area contributed by atoms with Crippen molar-refractivity contribution in [3.8, 4) is 0 Å². The summed E-state index contributed by atoms with van der Waals surface area (Å²) in [5, 5.41) is 0. The Kier molecular flexibility index (Phi) is 2.64. The Balaban J connectivity index is 1.77. The molecular formula is C19H24O. The SMILES string of the molecule is CC1CC2C(CCC3(C)C(=O)CCC23)c2ccccc21. The largest absolute Gasteiger partial charge is 0.299 e. The van der Waals surface area contributed by atoms with Crippen LogP contribution in [-0.4, -0.2) is 5.78 Å². The summed E-state index contributed by atoms with van der Waals surface area (Å²) in [7, 11) is 0. The zero-order valence-electron chi connectivity index (χ0n) is 12.6. The molecule has 5 unspecified atom stereocenters. The summed E-state index contributed by atoms with van der Waals surface area (Å²) in [6.45, 7) is 4.63. The van der Waals surface area contributed by atoms with E-state index in [-0.39, 0.29) is 5.41 Å². The summed E-state index contributed by atoms with van der Waals surface area (Å²) in [6, 6.07) is 9.05. The fraction of sp³-hybridized carbons (Fsp3) is 0.632. The number of hydrogen-bond donors (Lipinski definition) is 0. The average Bonchev–Trinajstić information content (AvgIpc) is 2.76. The van der Waals surface area contributed by atoms with Crippen molar-refractivity contribution in [3.05, 3.63) is 35.4 Å². The molecule has 1 aromatic carbocycles. The van der Waals surface area contributed by atoms with Gasteiger partial charge in [-0.05, 0) is 60.5 Å². The van der Waals surface area contributed by atoms with Crippen LogP contribution in [0.3, 0.4) is 0 Å².